The standard InChI is InChI=1S/C17H13NO4/c1-11-5-4-7-13(9-11)18(21)16(19)14-10-12-6-2-3-8-15(12)22-17(14)20/h2-10,21H,1H3. The summed E-state index contributed by atoms with van der Waals surface area (Å²) in [5.74, 6) is -0.829. The van der Waals surface area contributed by atoms with E-state index in [-0.39, 0.29) is 11.3 Å². The third-order valence-electron chi connectivity index (χ3n) is 3.31. The lowest BCUT2D eigenvalue weighted by molar-refractivity contribution is 0.0851. The van der Waals surface area contributed by atoms with Crippen LogP contribution in [0.15, 0.2) is 63.8 Å². The van der Waals surface area contributed by atoms with Crippen LogP contribution in [0.2, 0.25) is 0 Å². The van der Waals surface area contributed by atoms with E-state index in [1.165, 1.54) is 6.07 Å². The minimum absolute atomic E-state index is 0.220. The van der Waals surface area contributed by atoms with Crippen LogP contribution in [0.1, 0.15) is 15.9 Å². The molecule has 0 bridgehead atoms. The van der Waals surface area contributed by atoms with Crippen molar-refractivity contribution in [1.29, 1.82) is 0 Å². The Morgan fingerprint density at radius 3 is 2.64 bits per heavy atom. The Bertz CT molecular complexity index is 914. The maximum atomic E-state index is 12.3. The highest BCUT2D eigenvalue weighted by atomic mass is 16.5. The van der Waals surface area contributed by atoms with E-state index in [2.05, 4.69) is 0 Å². The number of carbonyl (C=O) groups excluding carboxylic acids is 1. The van der Waals surface area contributed by atoms with Crippen LogP contribution in [0.4, 0.5) is 5.69 Å². The highest BCUT2D eigenvalue weighted by molar-refractivity contribution is 6.05. The number of carbonyl (C=O) groups is 1. The zero-order valence-electron chi connectivity index (χ0n) is 11.8. The summed E-state index contributed by atoms with van der Waals surface area (Å²) in [5, 5.41) is 11.1. The Hall–Kier alpha value is -2.92. The Labute approximate surface area is 126 Å². The lowest BCUT2D eigenvalue weighted by Gasteiger charge is -2.15. The predicted octanol–water partition coefficient (Wildman–Crippen LogP) is 3.14. The van der Waals surface area contributed by atoms with Gasteiger partial charge in [0.1, 0.15) is 11.1 Å². The number of rotatable bonds is 2. The van der Waals surface area contributed by atoms with E-state index in [1.807, 2.05) is 13.0 Å². The Balaban J connectivity index is 2.05. The first-order chi connectivity index (χ1) is 10.6. The molecule has 22 heavy (non-hydrogen) atoms. The molecule has 1 amide bonds. The zero-order valence-corrected chi connectivity index (χ0v) is 11.8. The lowest BCUT2D eigenvalue weighted by atomic mass is 10.1. The number of fused-ring (bicyclic) bond motifs is 1. The van der Waals surface area contributed by atoms with Crippen LogP contribution >= 0.6 is 0 Å². The van der Waals surface area contributed by atoms with Crippen molar-refractivity contribution in [3.63, 3.8) is 0 Å². The summed E-state index contributed by atoms with van der Waals surface area (Å²) in [6.45, 7) is 1.84. The molecule has 0 atom stereocenters. The molecule has 0 aliphatic rings. The number of benzene rings is 2. The molecule has 3 aromatic rings. The first-order valence-corrected chi connectivity index (χ1v) is 6.69. The van der Waals surface area contributed by atoms with Crippen LogP contribution < -0.4 is 10.7 Å². The van der Waals surface area contributed by atoms with E-state index in [0.717, 1.165) is 5.56 Å². The number of hydroxylamine groups is 1. The lowest BCUT2D eigenvalue weighted by Crippen LogP contribution is -2.31. The van der Waals surface area contributed by atoms with E-state index in [1.54, 1.807) is 42.5 Å². The summed E-state index contributed by atoms with van der Waals surface area (Å²) >= 11 is 0. The summed E-state index contributed by atoms with van der Waals surface area (Å²) in [4.78, 5) is 24.3. The van der Waals surface area contributed by atoms with Gasteiger partial charge in [-0.15, -0.1) is 0 Å². The fraction of sp³-hybridized carbons (Fsp3) is 0.0588. The van der Waals surface area contributed by atoms with Crippen LogP contribution in [0.25, 0.3) is 11.0 Å². The van der Waals surface area contributed by atoms with E-state index >= 15 is 0 Å². The Morgan fingerprint density at radius 1 is 1.09 bits per heavy atom. The van der Waals surface area contributed by atoms with Gasteiger partial charge in [-0.05, 0) is 36.8 Å². The van der Waals surface area contributed by atoms with Gasteiger partial charge in [-0.3, -0.25) is 10.0 Å². The molecule has 0 aliphatic carbocycles. The van der Waals surface area contributed by atoms with Gasteiger partial charge in [-0.25, -0.2) is 4.79 Å². The largest absolute Gasteiger partial charge is 0.422 e. The minimum atomic E-state index is -0.829. The van der Waals surface area contributed by atoms with Crippen molar-refractivity contribution < 1.29 is 14.4 Å². The molecule has 1 aromatic heterocycles. The molecule has 3 rings (SSSR count). The molecule has 0 aliphatic heterocycles. The summed E-state index contributed by atoms with van der Waals surface area (Å²) in [6.07, 6.45) is 0. The second-order valence-corrected chi connectivity index (χ2v) is 4.94. The van der Waals surface area contributed by atoms with Crippen molar-refractivity contribution in [1.82, 2.24) is 0 Å². The van der Waals surface area contributed by atoms with Crippen molar-refractivity contribution in [2.45, 2.75) is 6.92 Å². The van der Waals surface area contributed by atoms with Gasteiger partial charge in [-0.1, -0.05) is 30.3 Å². The normalized spacial score (nSPS) is 10.6. The van der Waals surface area contributed by atoms with Crippen molar-refractivity contribution in [3.8, 4) is 0 Å². The monoisotopic (exact) mass is 295 g/mol. The summed E-state index contributed by atoms with van der Waals surface area (Å²) in [6, 6.07) is 15.1. The quantitative estimate of drug-likeness (QED) is 0.448. The molecule has 110 valence electrons. The minimum Gasteiger partial charge on any atom is -0.422 e. The van der Waals surface area contributed by atoms with Gasteiger partial charge < -0.3 is 4.42 Å². The zero-order chi connectivity index (χ0) is 15.7. The van der Waals surface area contributed by atoms with Crippen LogP contribution in [0, 0.1) is 6.92 Å². The Kier molecular flexibility index (Phi) is 3.48. The van der Waals surface area contributed by atoms with Crippen molar-refractivity contribution >= 4 is 22.6 Å². The number of aryl methyl sites for hydroxylation is 1. The Morgan fingerprint density at radius 2 is 1.86 bits per heavy atom. The van der Waals surface area contributed by atoms with E-state index in [9.17, 15) is 14.8 Å². The first kappa shape index (κ1) is 14.0. The maximum Gasteiger partial charge on any atom is 0.349 e. The van der Waals surface area contributed by atoms with Crippen LogP contribution in [0.3, 0.4) is 0 Å². The molecule has 0 radical (unpaired) electrons. The average molecular weight is 295 g/mol. The fourth-order valence-electron chi connectivity index (χ4n) is 2.20. The van der Waals surface area contributed by atoms with Crippen molar-refractivity contribution in [3.05, 3.63) is 76.1 Å². The van der Waals surface area contributed by atoms with Crippen molar-refractivity contribution in [2.75, 3.05) is 5.06 Å². The number of nitrogens with zero attached hydrogens (tertiary/aromatic N) is 1. The van der Waals surface area contributed by atoms with Crippen LogP contribution in [-0.2, 0) is 0 Å². The third kappa shape index (κ3) is 2.49. The van der Waals surface area contributed by atoms with E-state index in [4.69, 9.17) is 4.42 Å². The number of anilines is 1. The number of hydrogen-bond acceptors (Lipinski definition) is 4. The van der Waals surface area contributed by atoms with E-state index in [0.29, 0.717) is 16.0 Å². The molecular weight excluding hydrogens is 282 g/mol. The summed E-state index contributed by atoms with van der Waals surface area (Å²) in [7, 11) is 0. The molecule has 0 saturated carbocycles. The van der Waals surface area contributed by atoms with Gasteiger partial charge in [0, 0.05) is 5.39 Å². The van der Waals surface area contributed by atoms with Gasteiger partial charge in [-0.2, -0.15) is 5.06 Å². The van der Waals surface area contributed by atoms with Crippen LogP contribution in [-0.4, -0.2) is 11.1 Å². The fourth-order valence-corrected chi connectivity index (χ4v) is 2.20. The maximum absolute atomic E-state index is 12.3. The van der Waals surface area contributed by atoms with Crippen molar-refractivity contribution in [2.24, 2.45) is 0 Å². The second-order valence-electron chi connectivity index (χ2n) is 4.94. The number of amides is 1. The predicted molar refractivity (Wildman–Crippen MR) is 82.3 cm³/mol. The number of para-hydroxylation sites is 1. The highest BCUT2D eigenvalue weighted by Gasteiger charge is 2.20. The summed E-state index contributed by atoms with van der Waals surface area (Å²) in [5.41, 5.74) is 0.564. The molecular formula is C17H13NO4. The molecule has 0 saturated heterocycles. The van der Waals surface area contributed by atoms with Gasteiger partial charge in [0.05, 0.1) is 5.69 Å². The molecule has 0 unspecified atom stereocenters. The first-order valence-electron chi connectivity index (χ1n) is 6.69. The van der Waals surface area contributed by atoms with Crippen LogP contribution in [0.5, 0.6) is 0 Å². The van der Waals surface area contributed by atoms with Gasteiger partial charge in [0.15, 0.2) is 0 Å². The van der Waals surface area contributed by atoms with Gasteiger partial charge in [0.25, 0.3) is 5.91 Å². The topological polar surface area (TPSA) is 70.8 Å². The second kappa shape index (κ2) is 5.46. The van der Waals surface area contributed by atoms with Gasteiger partial charge >= 0.3 is 5.63 Å². The molecule has 5 heteroatoms. The third-order valence-corrected chi connectivity index (χ3v) is 3.31. The smallest absolute Gasteiger partial charge is 0.349 e. The molecule has 5 nitrogen and oxygen atoms in total. The SMILES string of the molecule is Cc1cccc(N(O)C(=O)c2cc3ccccc3oc2=O)c1. The molecule has 1 N–H and O–H groups in total. The van der Waals surface area contributed by atoms with Gasteiger partial charge in [0.2, 0.25) is 0 Å². The molecule has 0 fully saturated rings. The molecule has 2 aromatic carbocycles. The average Bonchev–Trinajstić information content (AvgIpc) is 2.53. The molecule has 1 heterocycles. The highest BCUT2D eigenvalue weighted by Crippen LogP contribution is 2.18. The summed E-state index contributed by atoms with van der Waals surface area (Å²) < 4.78 is 5.11. The molecule has 0 spiro atoms. The van der Waals surface area contributed by atoms with E-state index < -0.39 is 11.5 Å². The number of hydrogen-bond donors (Lipinski definition) is 1.